The minimum Gasteiger partial charge on any atom is -0.339 e. The van der Waals surface area contributed by atoms with Crippen molar-refractivity contribution in [2.24, 2.45) is 0 Å². The fraction of sp³-hybridized carbons (Fsp3) is 0.207. The number of sulfone groups is 1. The lowest BCUT2D eigenvalue weighted by atomic mass is 9.89. The molecule has 1 aliphatic rings. The van der Waals surface area contributed by atoms with E-state index >= 15 is 0 Å². The summed E-state index contributed by atoms with van der Waals surface area (Å²) in [7, 11) is -3.70. The quantitative estimate of drug-likeness (QED) is 0.389. The lowest BCUT2D eigenvalue weighted by Crippen LogP contribution is -2.38. The smallest absolute Gasteiger partial charge is 0.255 e. The van der Waals surface area contributed by atoms with Gasteiger partial charge in [-0.05, 0) is 78.9 Å². The van der Waals surface area contributed by atoms with E-state index in [9.17, 15) is 22.4 Å². The summed E-state index contributed by atoms with van der Waals surface area (Å²) in [5.41, 5.74) is 3.33. The Balaban J connectivity index is 1.18. The van der Waals surface area contributed by atoms with Gasteiger partial charge in [0, 0.05) is 47.7 Å². The zero-order valence-electron chi connectivity index (χ0n) is 20.7. The molecule has 5 rings (SSSR count). The molecule has 0 spiro atoms. The van der Waals surface area contributed by atoms with Crippen molar-refractivity contribution in [2.75, 3.05) is 24.7 Å². The number of carbonyl (C=O) groups excluding carboxylic acids is 2. The number of rotatable bonds is 5. The number of piperidine rings is 1. The monoisotopic (exact) mass is 531 g/mol. The van der Waals surface area contributed by atoms with E-state index in [-0.39, 0.29) is 23.3 Å². The highest BCUT2D eigenvalue weighted by Crippen LogP contribution is 2.30. The van der Waals surface area contributed by atoms with E-state index in [0.717, 1.165) is 47.7 Å². The Kier molecular flexibility index (Phi) is 6.94. The number of carbonyl (C=O) groups is 2. The third-order valence-corrected chi connectivity index (χ3v) is 8.00. The van der Waals surface area contributed by atoms with Crippen LogP contribution in [-0.2, 0) is 9.84 Å². The highest BCUT2D eigenvalue weighted by Gasteiger charge is 2.26. The molecule has 1 N–H and O–H groups in total. The predicted molar refractivity (Wildman–Crippen MR) is 144 cm³/mol. The van der Waals surface area contributed by atoms with E-state index in [1.807, 2.05) is 48.5 Å². The van der Waals surface area contributed by atoms with Crippen LogP contribution in [0.3, 0.4) is 0 Å². The number of benzene rings is 3. The molecule has 2 heterocycles. The summed E-state index contributed by atoms with van der Waals surface area (Å²) in [5.74, 6) is -1.18. The minimum absolute atomic E-state index is 0.135. The zero-order chi connectivity index (χ0) is 26.9. The number of nitrogens with one attached hydrogen (secondary N) is 1. The lowest BCUT2D eigenvalue weighted by molar-refractivity contribution is 0.0712. The molecule has 1 aliphatic heterocycles. The molecular formula is C29H26FN3O4S. The van der Waals surface area contributed by atoms with Crippen LogP contribution in [0.4, 0.5) is 10.1 Å². The molecule has 0 unspecified atom stereocenters. The first-order valence-electron chi connectivity index (χ1n) is 12.2. The second kappa shape index (κ2) is 10.3. The molecule has 1 aromatic heterocycles. The van der Waals surface area contributed by atoms with Gasteiger partial charge in [0.05, 0.1) is 5.52 Å². The standard InChI is InChI=1S/C29H26FN3O4S/c1-38(36,37)27-11-7-23(18-25(27)30)29(35)33-15-12-20(13-16-33)19-4-8-24(9-5-19)32-28(34)22-6-10-26-21(17-22)3-2-14-31-26/h2-11,14,17-18,20H,12-13,15-16H2,1H3,(H,32,34). The molecule has 3 aromatic carbocycles. The molecular weight excluding hydrogens is 505 g/mol. The predicted octanol–water partition coefficient (Wildman–Crippen LogP) is 5.05. The van der Waals surface area contributed by atoms with Gasteiger partial charge in [0.1, 0.15) is 10.7 Å². The summed E-state index contributed by atoms with van der Waals surface area (Å²) in [4.78, 5) is 31.1. The van der Waals surface area contributed by atoms with Crippen LogP contribution in [0.15, 0.2) is 83.9 Å². The Bertz CT molecular complexity index is 1630. The van der Waals surface area contributed by atoms with Crippen LogP contribution < -0.4 is 5.32 Å². The van der Waals surface area contributed by atoms with Crippen LogP contribution in [0, 0.1) is 5.82 Å². The van der Waals surface area contributed by atoms with Crippen LogP contribution in [-0.4, -0.2) is 49.5 Å². The van der Waals surface area contributed by atoms with Gasteiger partial charge in [0.25, 0.3) is 11.8 Å². The van der Waals surface area contributed by atoms with Gasteiger partial charge < -0.3 is 10.2 Å². The Labute approximate surface area is 220 Å². The van der Waals surface area contributed by atoms with Gasteiger partial charge in [-0.15, -0.1) is 0 Å². The van der Waals surface area contributed by atoms with Crippen LogP contribution in [0.2, 0.25) is 0 Å². The molecule has 0 bridgehead atoms. The van der Waals surface area contributed by atoms with Gasteiger partial charge >= 0.3 is 0 Å². The molecule has 0 aliphatic carbocycles. The average molecular weight is 532 g/mol. The first-order chi connectivity index (χ1) is 18.2. The SMILES string of the molecule is CS(=O)(=O)c1ccc(C(=O)N2CCC(c3ccc(NC(=O)c4ccc5ncccc5c4)cc3)CC2)cc1F. The van der Waals surface area contributed by atoms with Crippen molar-refractivity contribution in [1.29, 1.82) is 0 Å². The fourth-order valence-corrected chi connectivity index (χ4v) is 5.52. The summed E-state index contributed by atoms with van der Waals surface area (Å²) >= 11 is 0. The Morgan fingerprint density at radius 1 is 0.947 bits per heavy atom. The average Bonchev–Trinajstić information content (AvgIpc) is 2.92. The lowest BCUT2D eigenvalue weighted by Gasteiger charge is -2.32. The number of pyridine rings is 1. The maximum atomic E-state index is 14.2. The highest BCUT2D eigenvalue weighted by molar-refractivity contribution is 7.90. The van der Waals surface area contributed by atoms with E-state index in [1.54, 1.807) is 17.2 Å². The molecule has 7 nitrogen and oxygen atoms in total. The Hall–Kier alpha value is -4.11. The molecule has 4 aromatic rings. The van der Waals surface area contributed by atoms with Gasteiger partial charge in [-0.1, -0.05) is 18.2 Å². The Morgan fingerprint density at radius 3 is 2.34 bits per heavy atom. The van der Waals surface area contributed by atoms with E-state index in [1.165, 1.54) is 6.07 Å². The first-order valence-corrected chi connectivity index (χ1v) is 14.1. The highest BCUT2D eigenvalue weighted by atomic mass is 32.2. The molecule has 9 heteroatoms. The largest absolute Gasteiger partial charge is 0.339 e. The van der Waals surface area contributed by atoms with Crippen LogP contribution >= 0.6 is 0 Å². The summed E-state index contributed by atoms with van der Waals surface area (Å²) in [6, 6.07) is 20.4. The van der Waals surface area contributed by atoms with Crippen LogP contribution in [0.5, 0.6) is 0 Å². The number of likely N-dealkylation sites (tertiary alicyclic amines) is 1. The topological polar surface area (TPSA) is 96.4 Å². The molecule has 194 valence electrons. The van der Waals surface area contributed by atoms with E-state index in [2.05, 4.69) is 10.3 Å². The molecule has 0 atom stereocenters. The molecule has 2 amide bonds. The number of hydrogen-bond acceptors (Lipinski definition) is 5. The third-order valence-electron chi connectivity index (χ3n) is 6.87. The van der Waals surface area contributed by atoms with Gasteiger partial charge in [-0.3, -0.25) is 14.6 Å². The van der Waals surface area contributed by atoms with Crippen molar-refractivity contribution < 1.29 is 22.4 Å². The maximum Gasteiger partial charge on any atom is 0.255 e. The molecule has 0 radical (unpaired) electrons. The van der Waals surface area contributed by atoms with Gasteiger partial charge in [0.2, 0.25) is 0 Å². The molecule has 38 heavy (non-hydrogen) atoms. The van der Waals surface area contributed by atoms with Crippen molar-refractivity contribution in [1.82, 2.24) is 9.88 Å². The van der Waals surface area contributed by atoms with E-state index < -0.39 is 20.5 Å². The number of hydrogen-bond donors (Lipinski definition) is 1. The van der Waals surface area contributed by atoms with Crippen molar-refractivity contribution in [2.45, 2.75) is 23.7 Å². The van der Waals surface area contributed by atoms with Gasteiger partial charge in [0.15, 0.2) is 9.84 Å². The van der Waals surface area contributed by atoms with Gasteiger partial charge in [-0.2, -0.15) is 0 Å². The van der Waals surface area contributed by atoms with Crippen molar-refractivity contribution >= 4 is 38.2 Å². The summed E-state index contributed by atoms with van der Waals surface area (Å²) < 4.78 is 37.5. The minimum atomic E-state index is -3.70. The van der Waals surface area contributed by atoms with Gasteiger partial charge in [-0.25, -0.2) is 12.8 Å². The van der Waals surface area contributed by atoms with E-state index in [0.29, 0.717) is 24.3 Å². The zero-order valence-corrected chi connectivity index (χ0v) is 21.5. The third kappa shape index (κ3) is 5.43. The second-order valence-corrected chi connectivity index (χ2v) is 11.5. The maximum absolute atomic E-state index is 14.2. The van der Waals surface area contributed by atoms with Crippen molar-refractivity contribution in [3.8, 4) is 0 Å². The van der Waals surface area contributed by atoms with Crippen molar-refractivity contribution in [3.05, 3.63) is 102 Å². The number of fused-ring (bicyclic) bond motifs is 1. The molecule has 1 fully saturated rings. The molecule has 1 saturated heterocycles. The van der Waals surface area contributed by atoms with Crippen LogP contribution in [0.1, 0.15) is 45.0 Å². The second-order valence-electron chi connectivity index (χ2n) is 9.47. The summed E-state index contributed by atoms with van der Waals surface area (Å²) in [5, 5.41) is 3.83. The summed E-state index contributed by atoms with van der Waals surface area (Å²) in [6.45, 7) is 1.02. The first kappa shape index (κ1) is 25.5. The normalized spacial score (nSPS) is 14.4. The Morgan fingerprint density at radius 2 is 1.66 bits per heavy atom. The van der Waals surface area contributed by atoms with Crippen molar-refractivity contribution in [3.63, 3.8) is 0 Å². The summed E-state index contributed by atoms with van der Waals surface area (Å²) in [6.07, 6.45) is 4.13. The number of amides is 2. The fourth-order valence-electron chi connectivity index (χ4n) is 4.79. The van der Waals surface area contributed by atoms with Crippen LogP contribution in [0.25, 0.3) is 10.9 Å². The molecule has 0 saturated carbocycles. The van der Waals surface area contributed by atoms with E-state index in [4.69, 9.17) is 0 Å². The number of halogens is 1. The number of aromatic nitrogens is 1. The number of nitrogens with zero attached hydrogens (tertiary/aromatic N) is 2. The number of anilines is 1.